The smallest absolute Gasteiger partial charge is 0.226 e. The minimum atomic E-state index is -0.0743. The van der Waals surface area contributed by atoms with E-state index in [1.165, 1.54) is 22.7 Å². The first-order valence-electron chi connectivity index (χ1n) is 7.78. The SMILES string of the molecule is Cc1nc(NC(=O)CCCOc2ccccc2)sc1-c1csc(N)n1. The zero-order valence-corrected chi connectivity index (χ0v) is 15.3. The number of anilines is 2. The molecule has 0 unspecified atom stereocenters. The fourth-order valence-corrected chi connectivity index (χ4v) is 3.77. The molecule has 2 heterocycles. The van der Waals surface area contributed by atoms with Crippen molar-refractivity contribution in [3.63, 3.8) is 0 Å². The van der Waals surface area contributed by atoms with Gasteiger partial charge in [0, 0.05) is 11.8 Å². The molecule has 1 aromatic carbocycles. The van der Waals surface area contributed by atoms with Crippen LogP contribution in [0.1, 0.15) is 18.5 Å². The predicted molar refractivity (Wildman–Crippen MR) is 102 cm³/mol. The summed E-state index contributed by atoms with van der Waals surface area (Å²) in [6.07, 6.45) is 1.02. The van der Waals surface area contributed by atoms with Gasteiger partial charge in [-0.1, -0.05) is 29.5 Å². The number of nitrogen functional groups attached to an aromatic ring is 1. The first-order valence-corrected chi connectivity index (χ1v) is 9.48. The summed E-state index contributed by atoms with van der Waals surface area (Å²) in [5.41, 5.74) is 7.31. The van der Waals surface area contributed by atoms with Crippen LogP contribution in [-0.4, -0.2) is 22.5 Å². The van der Waals surface area contributed by atoms with Gasteiger partial charge in [-0.2, -0.15) is 0 Å². The van der Waals surface area contributed by atoms with Crippen molar-refractivity contribution >= 4 is 38.8 Å². The minimum Gasteiger partial charge on any atom is -0.494 e. The molecule has 3 rings (SSSR count). The van der Waals surface area contributed by atoms with Crippen molar-refractivity contribution in [1.82, 2.24) is 9.97 Å². The standard InChI is InChI=1S/C17H18N4O2S2/c1-11-15(13-10-24-16(18)20-13)25-17(19-11)21-14(22)8-5-9-23-12-6-3-2-4-7-12/h2-4,6-7,10H,5,8-9H2,1H3,(H2,18,20)(H,19,21,22). The van der Waals surface area contributed by atoms with Gasteiger partial charge in [0.25, 0.3) is 0 Å². The summed E-state index contributed by atoms with van der Waals surface area (Å²) < 4.78 is 5.58. The zero-order valence-electron chi connectivity index (χ0n) is 13.7. The van der Waals surface area contributed by atoms with Gasteiger partial charge in [-0.25, -0.2) is 9.97 Å². The number of benzene rings is 1. The summed E-state index contributed by atoms with van der Waals surface area (Å²) in [7, 11) is 0. The molecule has 0 atom stereocenters. The third-order valence-electron chi connectivity index (χ3n) is 3.36. The van der Waals surface area contributed by atoms with Crippen LogP contribution in [0.25, 0.3) is 10.6 Å². The lowest BCUT2D eigenvalue weighted by Gasteiger charge is -2.05. The number of ether oxygens (including phenoxy) is 1. The Kier molecular flexibility index (Phi) is 5.62. The van der Waals surface area contributed by atoms with E-state index in [0.717, 1.165) is 22.0 Å². The van der Waals surface area contributed by atoms with Crippen LogP contribution < -0.4 is 15.8 Å². The van der Waals surface area contributed by atoms with Gasteiger partial charge < -0.3 is 15.8 Å². The molecule has 6 nitrogen and oxygen atoms in total. The van der Waals surface area contributed by atoms with Crippen LogP contribution in [0.4, 0.5) is 10.3 Å². The summed E-state index contributed by atoms with van der Waals surface area (Å²) in [6.45, 7) is 2.39. The number of hydrogen-bond acceptors (Lipinski definition) is 7. The molecule has 8 heteroatoms. The number of carbonyl (C=O) groups excluding carboxylic acids is 1. The Labute approximate surface area is 153 Å². The fraction of sp³-hybridized carbons (Fsp3) is 0.235. The Morgan fingerprint density at radius 1 is 1.28 bits per heavy atom. The van der Waals surface area contributed by atoms with E-state index in [1.54, 1.807) is 0 Å². The topological polar surface area (TPSA) is 90.1 Å². The third-order valence-corrected chi connectivity index (χ3v) is 5.13. The second kappa shape index (κ2) is 8.09. The van der Waals surface area contributed by atoms with Gasteiger partial charge in [0.15, 0.2) is 10.3 Å². The molecule has 0 saturated heterocycles. The summed E-state index contributed by atoms with van der Waals surface area (Å²) in [6, 6.07) is 9.56. The van der Waals surface area contributed by atoms with E-state index in [1.807, 2.05) is 42.6 Å². The summed E-state index contributed by atoms with van der Waals surface area (Å²) >= 11 is 2.79. The van der Waals surface area contributed by atoms with Gasteiger partial charge in [0.1, 0.15) is 5.75 Å². The number of aromatic nitrogens is 2. The normalized spacial score (nSPS) is 10.6. The second-order valence-corrected chi connectivity index (χ2v) is 7.21. The van der Waals surface area contributed by atoms with Gasteiger partial charge in [-0.05, 0) is 25.5 Å². The Morgan fingerprint density at radius 3 is 2.80 bits per heavy atom. The Balaban J connectivity index is 1.48. The lowest BCUT2D eigenvalue weighted by atomic mass is 10.3. The molecule has 130 valence electrons. The van der Waals surface area contributed by atoms with E-state index in [2.05, 4.69) is 15.3 Å². The largest absolute Gasteiger partial charge is 0.494 e. The molecule has 0 radical (unpaired) electrons. The van der Waals surface area contributed by atoms with Crippen molar-refractivity contribution in [3.8, 4) is 16.3 Å². The number of nitrogens with two attached hydrogens (primary N) is 1. The number of aryl methyl sites for hydroxylation is 1. The van der Waals surface area contributed by atoms with Crippen LogP contribution in [0.15, 0.2) is 35.7 Å². The summed E-state index contributed by atoms with van der Waals surface area (Å²) in [4.78, 5) is 21.6. The van der Waals surface area contributed by atoms with Crippen LogP contribution in [-0.2, 0) is 4.79 Å². The number of rotatable bonds is 7. The number of amides is 1. The van der Waals surface area contributed by atoms with Gasteiger partial charge in [0.05, 0.1) is 22.9 Å². The molecule has 0 aliphatic heterocycles. The highest BCUT2D eigenvalue weighted by atomic mass is 32.1. The van der Waals surface area contributed by atoms with Gasteiger partial charge in [-0.3, -0.25) is 4.79 Å². The Bertz CT molecular complexity index is 845. The summed E-state index contributed by atoms with van der Waals surface area (Å²) in [5.74, 6) is 0.736. The van der Waals surface area contributed by atoms with E-state index < -0.39 is 0 Å². The van der Waals surface area contributed by atoms with E-state index >= 15 is 0 Å². The van der Waals surface area contributed by atoms with Crippen LogP contribution in [0, 0.1) is 6.92 Å². The van der Waals surface area contributed by atoms with Crippen LogP contribution in [0.2, 0.25) is 0 Å². The molecule has 2 aromatic heterocycles. The van der Waals surface area contributed by atoms with Crippen LogP contribution in [0.3, 0.4) is 0 Å². The Morgan fingerprint density at radius 2 is 2.08 bits per heavy atom. The van der Waals surface area contributed by atoms with Crippen LogP contribution >= 0.6 is 22.7 Å². The molecule has 25 heavy (non-hydrogen) atoms. The van der Waals surface area contributed by atoms with Crippen LogP contribution in [0.5, 0.6) is 5.75 Å². The molecule has 0 aliphatic rings. The quantitative estimate of drug-likeness (QED) is 0.611. The molecule has 0 bridgehead atoms. The van der Waals surface area contributed by atoms with E-state index in [9.17, 15) is 4.79 Å². The zero-order chi connectivity index (χ0) is 17.6. The van der Waals surface area contributed by atoms with Crippen molar-refractivity contribution in [2.24, 2.45) is 0 Å². The van der Waals surface area contributed by atoms with Gasteiger partial charge >= 0.3 is 0 Å². The maximum Gasteiger partial charge on any atom is 0.226 e. The number of para-hydroxylation sites is 1. The predicted octanol–water partition coefficient (Wildman–Crippen LogP) is 3.95. The van der Waals surface area contributed by atoms with E-state index in [-0.39, 0.29) is 5.91 Å². The van der Waals surface area contributed by atoms with Crippen molar-refractivity contribution in [2.75, 3.05) is 17.7 Å². The highest BCUT2D eigenvalue weighted by Crippen LogP contribution is 2.33. The number of hydrogen-bond donors (Lipinski definition) is 2. The summed E-state index contributed by atoms with van der Waals surface area (Å²) in [5, 5.41) is 5.82. The highest BCUT2D eigenvalue weighted by molar-refractivity contribution is 7.19. The second-order valence-electron chi connectivity index (χ2n) is 5.32. The van der Waals surface area contributed by atoms with Crippen molar-refractivity contribution < 1.29 is 9.53 Å². The molecule has 0 saturated carbocycles. The molecular weight excluding hydrogens is 356 g/mol. The lowest BCUT2D eigenvalue weighted by Crippen LogP contribution is -2.12. The lowest BCUT2D eigenvalue weighted by molar-refractivity contribution is -0.116. The molecule has 3 N–H and O–H groups in total. The first-order chi connectivity index (χ1) is 12.1. The first kappa shape index (κ1) is 17.4. The molecule has 0 aliphatic carbocycles. The van der Waals surface area contributed by atoms with Crippen molar-refractivity contribution in [1.29, 1.82) is 0 Å². The van der Waals surface area contributed by atoms with Crippen molar-refractivity contribution in [3.05, 3.63) is 41.4 Å². The van der Waals surface area contributed by atoms with E-state index in [4.69, 9.17) is 10.5 Å². The third kappa shape index (κ3) is 4.77. The fourth-order valence-electron chi connectivity index (χ4n) is 2.20. The van der Waals surface area contributed by atoms with Gasteiger partial charge in [-0.15, -0.1) is 11.3 Å². The molecule has 0 fully saturated rings. The van der Waals surface area contributed by atoms with Crippen molar-refractivity contribution in [2.45, 2.75) is 19.8 Å². The minimum absolute atomic E-state index is 0.0743. The molecule has 1 amide bonds. The number of carbonyl (C=O) groups is 1. The molecule has 0 spiro atoms. The average molecular weight is 374 g/mol. The van der Waals surface area contributed by atoms with Gasteiger partial charge in [0.2, 0.25) is 5.91 Å². The maximum absolute atomic E-state index is 12.1. The molecule has 3 aromatic rings. The highest BCUT2D eigenvalue weighted by Gasteiger charge is 2.14. The number of nitrogens with one attached hydrogen (secondary N) is 1. The maximum atomic E-state index is 12.1. The monoisotopic (exact) mass is 374 g/mol. The molecular formula is C17H18N4O2S2. The average Bonchev–Trinajstić information content (AvgIpc) is 3.18. The number of thiazole rings is 2. The van der Waals surface area contributed by atoms with E-state index in [0.29, 0.717) is 29.7 Å². The Hall–Kier alpha value is -2.45. The number of nitrogens with zero attached hydrogens (tertiary/aromatic N) is 2.